The molecule has 1 saturated heterocycles. The minimum absolute atomic E-state index is 0.0214. The maximum Gasteiger partial charge on any atom is 0.416 e. The van der Waals surface area contributed by atoms with Crippen LogP contribution < -0.4 is 10.6 Å². The zero-order valence-corrected chi connectivity index (χ0v) is 18.6. The van der Waals surface area contributed by atoms with E-state index in [0.717, 1.165) is 17.8 Å². The number of likely N-dealkylation sites (tertiary alicyclic amines) is 1. The molecule has 0 unspecified atom stereocenters. The normalized spacial score (nSPS) is 15.6. The number of aromatic nitrogens is 4. The highest BCUT2D eigenvalue weighted by Crippen LogP contribution is 2.41. The average Bonchev–Trinajstić information content (AvgIpc) is 3.16. The van der Waals surface area contributed by atoms with E-state index >= 15 is 0 Å². The van der Waals surface area contributed by atoms with Crippen molar-refractivity contribution < 1.29 is 17.6 Å². The number of nitrogens with zero attached hydrogens (tertiary/aromatic N) is 4. The highest BCUT2D eigenvalue weighted by molar-refractivity contribution is 6.32. The first-order valence-electron chi connectivity index (χ1n) is 10.3. The Morgan fingerprint density at radius 2 is 1.88 bits per heavy atom. The smallest absolute Gasteiger partial charge is 0.322 e. The highest BCUT2D eigenvalue weighted by atomic mass is 35.5. The molecule has 3 aromatic rings. The molecule has 4 rings (SSSR count). The van der Waals surface area contributed by atoms with Crippen molar-refractivity contribution in [2.45, 2.75) is 31.9 Å². The molecule has 176 valence electrons. The molecular weight excluding hydrogens is 462 g/mol. The highest BCUT2D eigenvalue weighted by Gasteiger charge is 2.37. The fourth-order valence-corrected chi connectivity index (χ4v) is 3.96. The summed E-state index contributed by atoms with van der Waals surface area (Å²) in [5.41, 5.74) is -0.456. The predicted molar refractivity (Wildman–Crippen MR) is 118 cm³/mol. The Hall–Kier alpha value is -2.92. The van der Waals surface area contributed by atoms with Crippen LogP contribution in [0.1, 0.15) is 35.6 Å². The van der Waals surface area contributed by atoms with E-state index in [1.165, 1.54) is 6.20 Å². The van der Waals surface area contributed by atoms with Gasteiger partial charge in [0.15, 0.2) is 11.6 Å². The first-order valence-corrected chi connectivity index (χ1v) is 10.7. The molecule has 0 amide bonds. The fraction of sp³-hybridized carbons (Fsp3) is 0.381. The van der Waals surface area contributed by atoms with Gasteiger partial charge in [-0.3, -0.25) is 5.10 Å². The number of piperidine rings is 1. The second-order valence-corrected chi connectivity index (χ2v) is 8.48. The van der Waals surface area contributed by atoms with Crippen molar-refractivity contribution in [3.05, 3.63) is 52.1 Å². The van der Waals surface area contributed by atoms with Gasteiger partial charge in [-0.05, 0) is 63.5 Å². The second-order valence-electron chi connectivity index (χ2n) is 8.07. The number of nitrogens with one attached hydrogen (secondary N) is 3. The first kappa shape index (κ1) is 23.2. The van der Waals surface area contributed by atoms with Crippen molar-refractivity contribution in [1.82, 2.24) is 25.1 Å². The molecule has 0 spiro atoms. The van der Waals surface area contributed by atoms with Crippen LogP contribution in [-0.2, 0) is 6.18 Å². The number of benzene rings is 1. The van der Waals surface area contributed by atoms with E-state index in [9.17, 15) is 17.6 Å². The molecule has 0 radical (unpaired) electrons. The standard InChI is InChI=1S/C21H22ClF4N7/c1-11-7-18(32-31-11)29-19-15(22)10-27-20(30-19)28-17-9-14(21(24,25)26)13(8-16(17)23)12-3-5-33(2)6-4-12/h7-10,12H,3-6H2,1-2H3,(H3,27,28,29,30,31,32). The Kier molecular flexibility index (Phi) is 6.44. The van der Waals surface area contributed by atoms with Crippen LogP contribution in [0.3, 0.4) is 0 Å². The minimum atomic E-state index is -4.63. The van der Waals surface area contributed by atoms with Gasteiger partial charge in [0, 0.05) is 11.8 Å². The van der Waals surface area contributed by atoms with Gasteiger partial charge < -0.3 is 15.5 Å². The van der Waals surface area contributed by atoms with Gasteiger partial charge in [-0.25, -0.2) is 9.37 Å². The van der Waals surface area contributed by atoms with Crippen LogP contribution >= 0.6 is 11.6 Å². The molecule has 3 N–H and O–H groups in total. The van der Waals surface area contributed by atoms with Gasteiger partial charge in [-0.1, -0.05) is 11.6 Å². The van der Waals surface area contributed by atoms with Crippen molar-refractivity contribution >= 4 is 34.9 Å². The van der Waals surface area contributed by atoms with E-state index in [2.05, 4.69) is 30.8 Å². The molecule has 0 aliphatic carbocycles. The predicted octanol–water partition coefficient (Wildman–Crippen LogP) is 5.62. The number of halogens is 5. The molecule has 1 aliphatic rings. The van der Waals surface area contributed by atoms with Crippen LogP contribution in [0.5, 0.6) is 0 Å². The van der Waals surface area contributed by atoms with Gasteiger partial charge in [-0.2, -0.15) is 23.3 Å². The van der Waals surface area contributed by atoms with Crippen molar-refractivity contribution in [2.75, 3.05) is 30.8 Å². The molecule has 0 atom stereocenters. The van der Waals surface area contributed by atoms with Gasteiger partial charge in [0.05, 0.1) is 17.4 Å². The van der Waals surface area contributed by atoms with Crippen molar-refractivity contribution in [3.63, 3.8) is 0 Å². The van der Waals surface area contributed by atoms with E-state index in [1.54, 1.807) is 6.07 Å². The Morgan fingerprint density at radius 3 is 2.52 bits per heavy atom. The summed E-state index contributed by atoms with van der Waals surface area (Å²) >= 11 is 6.11. The molecule has 0 saturated carbocycles. The lowest BCUT2D eigenvalue weighted by Crippen LogP contribution is -2.30. The fourth-order valence-electron chi connectivity index (χ4n) is 3.83. The zero-order valence-electron chi connectivity index (χ0n) is 17.9. The van der Waals surface area contributed by atoms with Gasteiger partial charge in [0.25, 0.3) is 0 Å². The number of H-pyrrole nitrogens is 1. The maximum absolute atomic E-state index is 14.9. The molecule has 33 heavy (non-hydrogen) atoms. The van der Waals surface area contributed by atoms with Gasteiger partial charge in [-0.15, -0.1) is 0 Å². The number of hydrogen-bond acceptors (Lipinski definition) is 6. The third kappa shape index (κ3) is 5.36. The molecule has 7 nitrogen and oxygen atoms in total. The van der Waals surface area contributed by atoms with Crippen molar-refractivity contribution in [1.29, 1.82) is 0 Å². The van der Waals surface area contributed by atoms with E-state index in [1.807, 2.05) is 18.9 Å². The Morgan fingerprint density at radius 1 is 1.15 bits per heavy atom. The summed E-state index contributed by atoms with van der Waals surface area (Å²) in [6, 6.07) is 3.47. The number of anilines is 4. The quantitative estimate of drug-likeness (QED) is 0.409. The largest absolute Gasteiger partial charge is 0.416 e. The summed E-state index contributed by atoms with van der Waals surface area (Å²) in [6.45, 7) is 3.13. The summed E-state index contributed by atoms with van der Waals surface area (Å²) in [5, 5.41) is 12.4. The lowest BCUT2D eigenvalue weighted by atomic mass is 9.86. The van der Waals surface area contributed by atoms with Gasteiger partial charge in [0.1, 0.15) is 10.8 Å². The first-order chi connectivity index (χ1) is 15.6. The number of aromatic amines is 1. The molecule has 1 aliphatic heterocycles. The summed E-state index contributed by atoms with van der Waals surface area (Å²) in [4.78, 5) is 10.2. The number of alkyl halides is 3. The van der Waals surface area contributed by atoms with Crippen LogP contribution in [0.4, 0.5) is 40.8 Å². The number of rotatable bonds is 5. The molecule has 12 heteroatoms. The molecule has 2 aromatic heterocycles. The van der Waals surface area contributed by atoms with Crippen molar-refractivity contribution in [2.24, 2.45) is 0 Å². The van der Waals surface area contributed by atoms with Gasteiger partial charge in [0.2, 0.25) is 5.95 Å². The Labute approximate surface area is 192 Å². The Bertz CT molecular complexity index is 1140. The van der Waals surface area contributed by atoms with Crippen LogP contribution in [0.2, 0.25) is 5.02 Å². The minimum Gasteiger partial charge on any atom is -0.322 e. The zero-order chi connectivity index (χ0) is 23.8. The molecule has 1 fully saturated rings. The van der Waals surface area contributed by atoms with E-state index in [4.69, 9.17) is 11.6 Å². The molecular formula is C21H22ClF4N7. The molecule has 3 heterocycles. The lowest BCUT2D eigenvalue weighted by Gasteiger charge is -2.31. The van der Waals surface area contributed by atoms with Crippen LogP contribution in [0.15, 0.2) is 24.4 Å². The molecule has 0 bridgehead atoms. The third-order valence-corrected chi connectivity index (χ3v) is 5.82. The van der Waals surface area contributed by atoms with Crippen molar-refractivity contribution in [3.8, 4) is 0 Å². The second kappa shape index (κ2) is 9.14. The van der Waals surface area contributed by atoms with Crippen LogP contribution in [0, 0.1) is 12.7 Å². The number of aryl methyl sites for hydroxylation is 1. The third-order valence-electron chi connectivity index (χ3n) is 5.55. The summed E-state index contributed by atoms with van der Waals surface area (Å²) < 4.78 is 56.5. The van der Waals surface area contributed by atoms with E-state index < -0.39 is 17.6 Å². The topological polar surface area (TPSA) is 81.8 Å². The van der Waals surface area contributed by atoms with E-state index in [0.29, 0.717) is 31.7 Å². The summed E-state index contributed by atoms with van der Waals surface area (Å²) in [6.07, 6.45) is -2.30. The monoisotopic (exact) mass is 483 g/mol. The van der Waals surface area contributed by atoms with Crippen LogP contribution in [-0.4, -0.2) is 45.2 Å². The SMILES string of the molecule is Cc1cc(Nc2nc(Nc3cc(C(F)(F)F)c(C4CCN(C)CC4)cc3F)ncc2Cl)n[nH]1. The van der Waals surface area contributed by atoms with E-state index in [-0.39, 0.29) is 34.0 Å². The van der Waals surface area contributed by atoms with Gasteiger partial charge >= 0.3 is 6.18 Å². The lowest BCUT2D eigenvalue weighted by molar-refractivity contribution is -0.138. The van der Waals surface area contributed by atoms with Crippen LogP contribution in [0.25, 0.3) is 0 Å². The number of hydrogen-bond donors (Lipinski definition) is 3. The summed E-state index contributed by atoms with van der Waals surface area (Å²) in [5.74, 6) is -0.686. The molecule has 1 aromatic carbocycles. The Balaban J connectivity index is 1.63. The maximum atomic E-state index is 14.9. The summed E-state index contributed by atoms with van der Waals surface area (Å²) in [7, 11) is 1.91. The average molecular weight is 484 g/mol.